The summed E-state index contributed by atoms with van der Waals surface area (Å²) in [6.45, 7) is 3.81. The molecule has 4 heteroatoms. The van der Waals surface area contributed by atoms with Crippen molar-refractivity contribution in [3.8, 4) is 5.75 Å². The Morgan fingerprint density at radius 1 is 1.15 bits per heavy atom. The Morgan fingerprint density at radius 2 is 1.95 bits per heavy atom. The van der Waals surface area contributed by atoms with E-state index in [1.807, 2.05) is 19.1 Å². The van der Waals surface area contributed by atoms with E-state index in [4.69, 9.17) is 4.74 Å². The molecule has 0 aliphatic heterocycles. The van der Waals surface area contributed by atoms with Gasteiger partial charge < -0.3 is 15.2 Å². The van der Waals surface area contributed by atoms with Gasteiger partial charge in [-0.3, -0.25) is 4.98 Å². The van der Waals surface area contributed by atoms with Crippen LogP contribution >= 0.6 is 0 Å². The highest BCUT2D eigenvalue weighted by atomic mass is 16.5. The number of aromatic hydroxyl groups is 1. The van der Waals surface area contributed by atoms with Crippen molar-refractivity contribution in [2.24, 2.45) is 0 Å². The predicted molar refractivity (Wildman–Crippen MR) is 78.3 cm³/mol. The van der Waals surface area contributed by atoms with Gasteiger partial charge in [0.1, 0.15) is 5.75 Å². The fourth-order valence-electron chi connectivity index (χ4n) is 2.05. The van der Waals surface area contributed by atoms with Crippen molar-refractivity contribution < 1.29 is 9.84 Å². The average Bonchev–Trinajstić information content (AvgIpc) is 2.43. The number of pyridine rings is 1. The minimum atomic E-state index is 0.233. The number of rotatable bonds is 6. The van der Waals surface area contributed by atoms with Crippen LogP contribution in [0.1, 0.15) is 22.5 Å². The summed E-state index contributed by atoms with van der Waals surface area (Å²) in [5, 5.41) is 13.0. The molecule has 0 aliphatic rings. The van der Waals surface area contributed by atoms with Crippen molar-refractivity contribution in [2.75, 3.05) is 7.11 Å². The summed E-state index contributed by atoms with van der Waals surface area (Å²) in [5.41, 5.74) is 3.93. The van der Waals surface area contributed by atoms with Crippen LogP contribution in [0.4, 0.5) is 0 Å². The van der Waals surface area contributed by atoms with Crippen LogP contribution in [0.15, 0.2) is 36.4 Å². The third-order valence-electron chi connectivity index (χ3n) is 3.01. The third-order valence-corrected chi connectivity index (χ3v) is 3.01. The number of nitrogens with zero attached hydrogens (tertiary/aromatic N) is 1. The van der Waals surface area contributed by atoms with Gasteiger partial charge in [-0.15, -0.1) is 0 Å². The summed E-state index contributed by atoms with van der Waals surface area (Å²) in [7, 11) is 1.69. The van der Waals surface area contributed by atoms with Crippen LogP contribution in [0.25, 0.3) is 0 Å². The Balaban J connectivity index is 1.92. The van der Waals surface area contributed by atoms with E-state index < -0.39 is 0 Å². The minimum absolute atomic E-state index is 0.233. The molecule has 2 aromatic rings. The molecule has 0 amide bonds. The number of methoxy groups -OCH3 is 1. The zero-order valence-corrected chi connectivity index (χ0v) is 11.9. The van der Waals surface area contributed by atoms with Gasteiger partial charge >= 0.3 is 0 Å². The van der Waals surface area contributed by atoms with Crippen LogP contribution in [-0.4, -0.2) is 17.2 Å². The second kappa shape index (κ2) is 7.03. The van der Waals surface area contributed by atoms with Gasteiger partial charge in [-0.05, 0) is 30.2 Å². The molecule has 0 atom stereocenters. The first-order valence-corrected chi connectivity index (χ1v) is 6.62. The lowest BCUT2D eigenvalue weighted by Crippen LogP contribution is -2.14. The van der Waals surface area contributed by atoms with E-state index in [2.05, 4.69) is 22.4 Å². The molecular formula is C16H20N2O2. The van der Waals surface area contributed by atoms with Gasteiger partial charge in [0, 0.05) is 25.9 Å². The molecule has 0 unspecified atom stereocenters. The molecule has 20 heavy (non-hydrogen) atoms. The molecule has 0 spiro atoms. The van der Waals surface area contributed by atoms with Crippen molar-refractivity contribution in [3.63, 3.8) is 0 Å². The van der Waals surface area contributed by atoms with Gasteiger partial charge in [0.25, 0.3) is 0 Å². The topological polar surface area (TPSA) is 54.4 Å². The zero-order chi connectivity index (χ0) is 14.4. The molecule has 0 bridgehead atoms. The van der Waals surface area contributed by atoms with E-state index >= 15 is 0 Å². The van der Waals surface area contributed by atoms with Crippen molar-refractivity contribution in [3.05, 3.63) is 58.9 Å². The monoisotopic (exact) mass is 272 g/mol. The lowest BCUT2D eigenvalue weighted by molar-refractivity contribution is 0.185. The quantitative estimate of drug-likeness (QED) is 0.848. The van der Waals surface area contributed by atoms with Crippen molar-refractivity contribution in [2.45, 2.75) is 26.6 Å². The van der Waals surface area contributed by atoms with Gasteiger partial charge in [0.15, 0.2) is 0 Å². The van der Waals surface area contributed by atoms with Crippen LogP contribution in [0, 0.1) is 6.92 Å². The molecule has 1 aromatic heterocycles. The lowest BCUT2D eigenvalue weighted by Gasteiger charge is -2.08. The van der Waals surface area contributed by atoms with Crippen LogP contribution in [0.5, 0.6) is 5.75 Å². The predicted octanol–water partition coefficient (Wildman–Crippen LogP) is 2.53. The smallest absolute Gasteiger partial charge is 0.138 e. The Bertz CT molecular complexity index is 570. The van der Waals surface area contributed by atoms with Gasteiger partial charge in [-0.1, -0.05) is 24.3 Å². The summed E-state index contributed by atoms with van der Waals surface area (Å²) >= 11 is 0. The molecule has 1 aromatic carbocycles. The van der Waals surface area contributed by atoms with Gasteiger partial charge in [-0.25, -0.2) is 0 Å². The standard InChI is InChI=1S/C16H20N2O2/c1-12-6-7-16(19)15(18-12)10-17-9-13-4-3-5-14(8-13)11-20-2/h3-8,17,19H,9-11H2,1-2H3. The Kier molecular flexibility index (Phi) is 5.09. The first kappa shape index (κ1) is 14.5. The van der Waals surface area contributed by atoms with E-state index in [0.717, 1.165) is 17.8 Å². The maximum absolute atomic E-state index is 9.73. The van der Waals surface area contributed by atoms with Gasteiger partial charge in [0.2, 0.25) is 0 Å². The second-order valence-corrected chi connectivity index (χ2v) is 4.77. The highest BCUT2D eigenvalue weighted by molar-refractivity contribution is 5.28. The molecular weight excluding hydrogens is 252 g/mol. The van der Waals surface area contributed by atoms with E-state index in [1.54, 1.807) is 19.2 Å². The number of benzene rings is 1. The highest BCUT2D eigenvalue weighted by Crippen LogP contribution is 2.14. The maximum atomic E-state index is 9.73. The summed E-state index contributed by atoms with van der Waals surface area (Å²) in [6.07, 6.45) is 0. The fraction of sp³-hybridized carbons (Fsp3) is 0.312. The summed E-state index contributed by atoms with van der Waals surface area (Å²) < 4.78 is 5.12. The van der Waals surface area contributed by atoms with Crippen molar-refractivity contribution in [1.29, 1.82) is 0 Å². The van der Waals surface area contributed by atoms with Crippen LogP contribution in [0.2, 0.25) is 0 Å². The van der Waals surface area contributed by atoms with Crippen LogP contribution in [0.3, 0.4) is 0 Å². The van der Waals surface area contributed by atoms with Crippen molar-refractivity contribution in [1.82, 2.24) is 10.3 Å². The largest absolute Gasteiger partial charge is 0.506 e. The second-order valence-electron chi connectivity index (χ2n) is 4.77. The first-order valence-electron chi connectivity index (χ1n) is 6.62. The Hall–Kier alpha value is -1.91. The van der Waals surface area contributed by atoms with E-state index in [1.165, 1.54) is 5.56 Å². The van der Waals surface area contributed by atoms with Crippen LogP contribution < -0.4 is 5.32 Å². The molecule has 0 fully saturated rings. The SMILES string of the molecule is COCc1cccc(CNCc2nc(C)ccc2O)c1. The van der Waals surface area contributed by atoms with Gasteiger partial charge in [-0.2, -0.15) is 0 Å². The molecule has 106 valence electrons. The maximum Gasteiger partial charge on any atom is 0.138 e. The summed E-state index contributed by atoms with van der Waals surface area (Å²) in [5.74, 6) is 0.233. The Morgan fingerprint density at radius 3 is 2.75 bits per heavy atom. The molecule has 2 N–H and O–H groups in total. The first-order chi connectivity index (χ1) is 9.69. The minimum Gasteiger partial charge on any atom is -0.506 e. The summed E-state index contributed by atoms with van der Waals surface area (Å²) in [4.78, 5) is 4.32. The summed E-state index contributed by atoms with van der Waals surface area (Å²) in [6, 6.07) is 11.7. The third kappa shape index (κ3) is 4.05. The van der Waals surface area contributed by atoms with Crippen molar-refractivity contribution >= 4 is 0 Å². The number of ether oxygens (including phenoxy) is 1. The van der Waals surface area contributed by atoms with E-state index in [-0.39, 0.29) is 5.75 Å². The Labute approximate surface area is 119 Å². The van der Waals surface area contributed by atoms with E-state index in [9.17, 15) is 5.11 Å². The van der Waals surface area contributed by atoms with Crippen LogP contribution in [-0.2, 0) is 24.4 Å². The van der Waals surface area contributed by atoms with Gasteiger partial charge in [0.05, 0.1) is 12.3 Å². The van der Waals surface area contributed by atoms with E-state index in [0.29, 0.717) is 18.8 Å². The number of hydrogen-bond acceptors (Lipinski definition) is 4. The zero-order valence-electron chi connectivity index (χ0n) is 11.9. The normalized spacial score (nSPS) is 10.7. The molecule has 1 heterocycles. The number of aryl methyl sites for hydroxylation is 1. The fourth-order valence-corrected chi connectivity index (χ4v) is 2.05. The molecule has 0 saturated carbocycles. The number of nitrogens with one attached hydrogen (secondary N) is 1. The molecule has 0 saturated heterocycles. The highest BCUT2D eigenvalue weighted by Gasteiger charge is 2.03. The number of aromatic nitrogens is 1. The number of hydrogen-bond donors (Lipinski definition) is 2. The molecule has 4 nitrogen and oxygen atoms in total. The lowest BCUT2D eigenvalue weighted by atomic mass is 10.1. The average molecular weight is 272 g/mol. The molecule has 2 rings (SSSR count). The molecule has 0 aliphatic carbocycles. The molecule has 0 radical (unpaired) electrons.